The number of carboxylic acid groups (broad SMARTS) is 1. The third-order valence-electron chi connectivity index (χ3n) is 4.24. The molecule has 5 nitrogen and oxygen atoms in total. The van der Waals surface area contributed by atoms with Gasteiger partial charge in [-0.05, 0) is 72.6 Å². The van der Waals surface area contributed by atoms with Gasteiger partial charge in [0.25, 0.3) is 0 Å². The average Bonchev–Trinajstić information content (AvgIpc) is 2.48. The number of hydrogen-bond acceptors (Lipinski definition) is 2. The zero-order chi connectivity index (χ0) is 20.2. The maximum absolute atomic E-state index is 11.1. The maximum atomic E-state index is 11.1. The van der Waals surface area contributed by atoms with Gasteiger partial charge in [-0.3, -0.25) is 9.36 Å². The Kier molecular flexibility index (Phi) is 12.5. The van der Waals surface area contributed by atoms with Crippen LogP contribution in [0, 0.1) is 0 Å². The van der Waals surface area contributed by atoms with Crippen LogP contribution in [0.3, 0.4) is 0 Å². The van der Waals surface area contributed by atoms with Crippen molar-refractivity contribution in [3.8, 4) is 0 Å². The topological polar surface area (TPSA) is 94.8 Å². The van der Waals surface area contributed by atoms with Crippen molar-refractivity contribution >= 4 is 13.6 Å². The van der Waals surface area contributed by atoms with E-state index >= 15 is 0 Å². The second-order valence-corrected chi connectivity index (χ2v) is 8.99. The Bertz CT molecular complexity index is 565. The Morgan fingerprint density at radius 3 is 1.85 bits per heavy atom. The average molecular weight is 386 g/mol. The number of allylic oxidation sites excluding steroid dienone is 6. The smallest absolute Gasteiger partial charge is 0.339 e. The Balaban J connectivity index is 4.06. The van der Waals surface area contributed by atoms with Crippen LogP contribution in [0.15, 0.2) is 34.9 Å². The second kappa shape index (κ2) is 13.1. The van der Waals surface area contributed by atoms with Crippen LogP contribution in [0.1, 0.15) is 79.1 Å². The van der Waals surface area contributed by atoms with E-state index in [1.54, 1.807) is 0 Å². The zero-order valence-corrected chi connectivity index (χ0v) is 17.5. The zero-order valence-electron chi connectivity index (χ0n) is 16.6. The van der Waals surface area contributed by atoms with Crippen LogP contribution in [0.4, 0.5) is 0 Å². The summed E-state index contributed by atoms with van der Waals surface area (Å²) in [5, 5.41) is 8.86. The summed E-state index contributed by atoms with van der Waals surface area (Å²) in [6.07, 6.45) is 12.9. The molecule has 0 bridgehead atoms. The van der Waals surface area contributed by atoms with Gasteiger partial charge in [0, 0.05) is 0 Å². The largest absolute Gasteiger partial charge is 0.481 e. The summed E-state index contributed by atoms with van der Waals surface area (Å²) in [7, 11) is -4.56. The monoisotopic (exact) mass is 386 g/mol. The van der Waals surface area contributed by atoms with Crippen molar-refractivity contribution in [2.45, 2.75) is 84.7 Å². The molecular formula is C20H35O5P. The van der Waals surface area contributed by atoms with Crippen LogP contribution in [-0.4, -0.2) is 26.5 Å². The van der Waals surface area contributed by atoms with E-state index < -0.39 is 19.2 Å². The molecule has 0 saturated carbocycles. The summed E-state index contributed by atoms with van der Waals surface area (Å²) in [6.45, 7) is 8.47. The quantitative estimate of drug-likeness (QED) is 0.218. The first-order valence-corrected chi connectivity index (χ1v) is 10.9. The van der Waals surface area contributed by atoms with E-state index in [0.29, 0.717) is 6.42 Å². The molecule has 0 heterocycles. The number of carbonyl (C=O) groups is 1. The molecule has 3 N–H and O–H groups in total. The fourth-order valence-electron chi connectivity index (χ4n) is 2.60. The predicted octanol–water partition coefficient (Wildman–Crippen LogP) is 5.60. The van der Waals surface area contributed by atoms with E-state index in [1.807, 2.05) is 0 Å². The molecule has 0 aromatic carbocycles. The summed E-state index contributed by atoms with van der Waals surface area (Å²) in [5.41, 5.74) is 2.48. The van der Waals surface area contributed by atoms with E-state index in [9.17, 15) is 9.36 Å². The van der Waals surface area contributed by atoms with Crippen LogP contribution in [0.2, 0.25) is 0 Å². The molecule has 26 heavy (non-hydrogen) atoms. The van der Waals surface area contributed by atoms with E-state index in [1.165, 1.54) is 16.7 Å². The van der Waals surface area contributed by atoms with Crippen molar-refractivity contribution in [3.05, 3.63) is 34.9 Å². The minimum Gasteiger partial charge on any atom is -0.481 e. The molecule has 6 heteroatoms. The van der Waals surface area contributed by atoms with Gasteiger partial charge in [0.05, 0.1) is 0 Å². The van der Waals surface area contributed by atoms with E-state index in [2.05, 4.69) is 45.9 Å². The SMILES string of the molecule is CC(C)=CCCC(C)=CCCC(C)=CCCCCC(C(=O)O)P(=O)(O)O. The Morgan fingerprint density at radius 2 is 1.38 bits per heavy atom. The molecule has 1 atom stereocenters. The third-order valence-corrected chi connectivity index (χ3v) is 5.53. The van der Waals surface area contributed by atoms with Crippen LogP contribution in [0.5, 0.6) is 0 Å². The molecule has 0 aromatic heterocycles. The van der Waals surface area contributed by atoms with Gasteiger partial charge in [0.15, 0.2) is 5.66 Å². The first-order valence-electron chi connectivity index (χ1n) is 9.26. The fourth-order valence-corrected chi connectivity index (χ4v) is 3.41. The molecule has 0 rings (SSSR count). The van der Waals surface area contributed by atoms with Gasteiger partial charge < -0.3 is 14.9 Å². The van der Waals surface area contributed by atoms with Crippen molar-refractivity contribution in [1.29, 1.82) is 0 Å². The van der Waals surface area contributed by atoms with Crippen molar-refractivity contribution in [1.82, 2.24) is 0 Å². The van der Waals surface area contributed by atoms with E-state index in [0.717, 1.165) is 38.5 Å². The third kappa shape index (κ3) is 13.1. The molecule has 0 radical (unpaired) electrons. The number of carboxylic acids is 1. The standard InChI is InChI=1S/C20H35O5P/c1-16(2)10-8-12-18(4)14-9-13-17(3)11-6-5-7-15-19(20(21)22)26(23,24)25/h10-11,14,19H,5-9,12-13,15H2,1-4H3,(H,21,22)(H2,23,24,25). The first-order chi connectivity index (χ1) is 12.0. The highest BCUT2D eigenvalue weighted by atomic mass is 31.2. The van der Waals surface area contributed by atoms with Gasteiger partial charge in [-0.1, -0.05) is 41.4 Å². The molecule has 0 aliphatic carbocycles. The second-order valence-electron chi connectivity index (χ2n) is 7.19. The normalized spacial score (nSPS) is 14.2. The highest BCUT2D eigenvalue weighted by Crippen LogP contribution is 2.43. The first kappa shape index (κ1) is 24.8. The molecule has 1 unspecified atom stereocenters. The molecule has 0 amide bonds. The molecule has 150 valence electrons. The molecule has 0 saturated heterocycles. The van der Waals surface area contributed by atoms with E-state index in [-0.39, 0.29) is 6.42 Å². The highest BCUT2D eigenvalue weighted by molar-refractivity contribution is 7.53. The lowest BCUT2D eigenvalue weighted by Gasteiger charge is -2.13. The van der Waals surface area contributed by atoms with Crippen LogP contribution < -0.4 is 0 Å². The summed E-state index contributed by atoms with van der Waals surface area (Å²) in [6, 6.07) is 0. The fraction of sp³-hybridized carbons (Fsp3) is 0.650. The predicted molar refractivity (Wildman–Crippen MR) is 107 cm³/mol. The Morgan fingerprint density at radius 1 is 0.885 bits per heavy atom. The molecule has 0 spiro atoms. The number of aliphatic carboxylic acids is 1. The molecule has 0 fully saturated rings. The van der Waals surface area contributed by atoms with Crippen molar-refractivity contribution < 1.29 is 24.3 Å². The highest BCUT2D eigenvalue weighted by Gasteiger charge is 2.34. The van der Waals surface area contributed by atoms with Gasteiger partial charge in [0.1, 0.15) is 0 Å². The lowest BCUT2D eigenvalue weighted by atomic mass is 10.0. The van der Waals surface area contributed by atoms with Gasteiger partial charge in [-0.25, -0.2) is 0 Å². The molecule has 0 aliphatic rings. The Hall–Kier alpha value is -1.16. The van der Waals surface area contributed by atoms with E-state index in [4.69, 9.17) is 14.9 Å². The van der Waals surface area contributed by atoms with Gasteiger partial charge in [-0.15, -0.1) is 0 Å². The van der Waals surface area contributed by atoms with Crippen LogP contribution in [0.25, 0.3) is 0 Å². The summed E-state index contributed by atoms with van der Waals surface area (Å²) >= 11 is 0. The number of hydrogen-bond donors (Lipinski definition) is 3. The van der Waals surface area contributed by atoms with Crippen LogP contribution >= 0.6 is 7.60 Å². The number of rotatable bonds is 13. The Labute approximate surface area is 158 Å². The lowest BCUT2D eigenvalue weighted by Crippen LogP contribution is -2.20. The minimum atomic E-state index is -4.56. The molecule has 0 aliphatic heterocycles. The van der Waals surface area contributed by atoms with Crippen molar-refractivity contribution in [3.63, 3.8) is 0 Å². The van der Waals surface area contributed by atoms with Gasteiger partial charge in [-0.2, -0.15) is 0 Å². The van der Waals surface area contributed by atoms with Crippen LogP contribution in [-0.2, 0) is 9.36 Å². The van der Waals surface area contributed by atoms with Gasteiger partial charge >= 0.3 is 13.6 Å². The van der Waals surface area contributed by atoms with Gasteiger partial charge in [0.2, 0.25) is 0 Å². The van der Waals surface area contributed by atoms with Crippen molar-refractivity contribution in [2.24, 2.45) is 0 Å². The summed E-state index contributed by atoms with van der Waals surface area (Å²) in [4.78, 5) is 28.9. The summed E-state index contributed by atoms with van der Waals surface area (Å²) in [5.74, 6) is -1.42. The molecular weight excluding hydrogens is 351 g/mol. The minimum absolute atomic E-state index is 0.0140. The van der Waals surface area contributed by atoms with Crippen molar-refractivity contribution in [2.75, 3.05) is 0 Å². The molecule has 0 aromatic rings. The summed E-state index contributed by atoms with van der Waals surface area (Å²) < 4.78 is 11.1. The maximum Gasteiger partial charge on any atom is 0.339 e. The lowest BCUT2D eigenvalue weighted by molar-refractivity contribution is -0.137. The number of unbranched alkanes of at least 4 members (excludes halogenated alkanes) is 2.